The van der Waals surface area contributed by atoms with Crippen molar-refractivity contribution in [3.05, 3.63) is 33.1 Å². The van der Waals surface area contributed by atoms with E-state index in [0.29, 0.717) is 18.3 Å². The molecule has 5 nitrogen and oxygen atoms in total. The summed E-state index contributed by atoms with van der Waals surface area (Å²) < 4.78 is 5.27. The van der Waals surface area contributed by atoms with Crippen molar-refractivity contribution in [2.24, 2.45) is 0 Å². The summed E-state index contributed by atoms with van der Waals surface area (Å²) in [6, 6.07) is 2.14. The molecule has 1 aliphatic heterocycles. The van der Waals surface area contributed by atoms with Crippen molar-refractivity contribution in [1.29, 1.82) is 0 Å². The molecular weight excluding hydrogens is 310 g/mol. The van der Waals surface area contributed by atoms with Crippen molar-refractivity contribution >= 4 is 17.2 Å². The maximum absolute atomic E-state index is 12.8. The van der Waals surface area contributed by atoms with E-state index in [2.05, 4.69) is 16.2 Å². The Bertz CT molecular complexity index is 698. The Morgan fingerprint density at radius 1 is 1.35 bits per heavy atom. The Balaban J connectivity index is 1.47. The molecule has 0 aromatic carbocycles. The molecule has 2 aliphatic rings. The monoisotopic (exact) mass is 331 g/mol. The van der Waals surface area contributed by atoms with E-state index < -0.39 is 0 Å². The second-order valence-electron chi connectivity index (χ2n) is 6.54. The fraction of sp³-hybridized carbons (Fsp3) is 0.588. The summed E-state index contributed by atoms with van der Waals surface area (Å²) in [6.07, 6.45) is 6.98. The Morgan fingerprint density at radius 3 is 3.04 bits per heavy atom. The molecular formula is C17H21N3O2S. The minimum atomic E-state index is 0.168. The van der Waals surface area contributed by atoms with Gasteiger partial charge in [-0.1, -0.05) is 11.6 Å². The largest absolute Gasteiger partial charge is 0.339 e. The van der Waals surface area contributed by atoms with Crippen LogP contribution in [0.1, 0.15) is 63.4 Å². The molecule has 3 heterocycles. The van der Waals surface area contributed by atoms with Crippen molar-refractivity contribution < 1.29 is 9.32 Å². The zero-order chi connectivity index (χ0) is 15.8. The molecule has 1 aliphatic carbocycles. The van der Waals surface area contributed by atoms with E-state index in [1.165, 1.54) is 29.7 Å². The van der Waals surface area contributed by atoms with Crippen LogP contribution in [0.4, 0.5) is 0 Å². The number of carbonyl (C=O) groups excluding carboxylic acids is 1. The van der Waals surface area contributed by atoms with Gasteiger partial charge in [-0.05, 0) is 50.7 Å². The second kappa shape index (κ2) is 6.07. The lowest BCUT2D eigenvalue weighted by molar-refractivity contribution is 0.0794. The molecule has 23 heavy (non-hydrogen) atoms. The normalized spacial score (nSPS) is 21.3. The third kappa shape index (κ3) is 2.92. The first-order valence-corrected chi connectivity index (χ1v) is 9.23. The van der Waals surface area contributed by atoms with Gasteiger partial charge >= 0.3 is 0 Å². The first-order valence-electron chi connectivity index (χ1n) is 8.42. The molecule has 0 N–H and O–H groups in total. The van der Waals surface area contributed by atoms with Crippen LogP contribution < -0.4 is 0 Å². The Hall–Kier alpha value is -1.69. The van der Waals surface area contributed by atoms with Crippen molar-refractivity contribution in [2.75, 3.05) is 13.1 Å². The topological polar surface area (TPSA) is 59.2 Å². The summed E-state index contributed by atoms with van der Waals surface area (Å²) in [7, 11) is 0. The second-order valence-corrected chi connectivity index (χ2v) is 7.67. The summed E-state index contributed by atoms with van der Waals surface area (Å²) in [4.78, 5) is 21.4. The van der Waals surface area contributed by atoms with Crippen LogP contribution in [0.15, 0.2) is 10.6 Å². The van der Waals surface area contributed by atoms with Gasteiger partial charge in [-0.3, -0.25) is 4.79 Å². The molecule has 6 heteroatoms. The van der Waals surface area contributed by atoms with Gasteiger partial charge in [0.05, 0.1) is 10.8 Å². The third-order valence-electron chi connectivity index (χ3n) is 4.83. The number of hydrogen-bond donors (Lipinski definition) is 0. The fourth-order valence-corrected chi connectivity index (χ4v) is 4.78. The van der Waals surface area contributed by atoms with Gasteiger partial charge in [0.2, 0.25) is 5.89 Å². The maximum atomic E-state index is 12.8. The van der Waals surface area contributed by atoms with Crippen LogP contribution in [0, 0.1) is 6.92 Å². The van der Waals surface area contributed by atoms with Gasteiger partial charge in [-0.25, -0.2) is 0 Å². The predicted octanol–water partition coefficient (Wildman–Crippen LogP) is 3.34. The predicted molar refractivity (Wildman–Crippen MR) is 87.9 cm³/mol. The number of fused-ring (bicyclic) bond motifs is 1. The van der Waals surface area contributed by atoms with E-state index in [-0.39, 0.29) is 11.8 Å². The van der Waals surface area contributed by atoms with Crippen molar-refractivity contribution in [3.63, 3.8) is 0 Å². The number of rotatable bonds is 2. The van der Waals surface area contributed by atoms with Crippen LogP contribution in [0.5, 0.6) is 0 Å². The van der Waals surface area contributed by atoms with Crippen LogP contribution in [-0.2, 0) is 12.8 Å². The number of nitrogens with zero attached hydrogens (tertiary/aromatic N) is 3. The van der Waals surface area contributed by atoms with Gasteiger partial charge in [0.15, 0.2) is 5.82 Å². The van der Waals surface area contributed by atoms with E-state index in [0.717, 1.165) is 30.7 Å². The van der Waals surface area contributed by atoms with E-state index in [4.69, 9.17) is 4.52 Å². The molecule has 1 atom stereocenters. The van der Waals surface area contributed by atoms with Gasteiger partial charge in [0, 0.05) is 18.0 Å². The Labute approximate surface area is 139 Å². The molecule has 2 aromatic rings. The van der Waals surface area contributed by atoms with Crippen molar-refractivity contribution in [2.45, 2.75) is 51.4 Å². The highest BCUT2D eigenvalue weighted by Gasteiger charge is 2.32. The summed E-state index contributed by atoms with van der Waals surface area (Å²) >= 11 is 1.70. The van der Waals surface area contributed by atoms with Crippen molar-refractivity contribution in [3.8, 4) is 0 Å². The number of hydrogen-bond acceptors (Lipinski definition) is 5. The van der Waals surface area contributed by atoms with E-state index in [9.17, 15) is 4.79 Å². The van der Waals surface area contributed by atoms with Gasteiger partial charge < -0.3 is 9.42 Å². The standard InChI is InChI=1S/C17H21N3O2S/c1-11-18-16(22-19-11)13-7-8-20(10-13)17(21)15-9-12-5-3-2-4-6-14(12)23-15/h9,13H,2-8,10H2,1H3/t13-/m0/s1. The Morgan fingerprint density at radius 2 is 2.22 bits per heavy atom. The number of likely N-dealkylation sites (tertiary alicyclic amines) is 1. The summed E-state index contributed by atoms with van der Waals surface area (Å²) in [6.45, 7) is 3.28. The van der Waals surface area contributed by atoms with E-state index >= 15 is 0 Å². The molecule has 0 unspecified atom stereocenters. The van der Waals surface area contributed by atoms with E-state index in [1.54, 1.807) is 11.3 Å². The SMILES string of the molecule is Cc1noc([C@H]2CCN(C(=O)c3cc4c(s3)CCCCC4)C2)n1. The minimum Gasteiger partial charge on any atom is -0.339 e. The van der Waals surface area contributed by atoms with Gasteiger partial charge in [-0.2, -0.15) is 4.98 Å². The molecule has 1 saturated heterocycles. The van der Waals surface area contributed by atoms with Crippen LogP contribution in [0.3, 0.4) is 0 Å². The summed E-state index contributed by atoms with van der Waals surface area (Å²) in [5.74, 6) is 1.67. The number of thiophene rings is 1. The summed E-state index contributed by atoms with van der Waals surface area (Å²) in [5, 5.41) is 3.85. The maximum Gasteiger partial charge on any atom is 0.263 e. The lowest BCUT2D eigenvalue weighted by atomic mass is 10.1. The average molecular weight is 331 g/mol. The first-order chi connectivity index (χ1) is 11.2. The highest BCUT2D eigenvalue weighted by Crippen LogP contribution is 2.32. The molecule has 0 spiro atoms. The quantitative estimate of drug-likeness (QED) is 0.792. The minimum absolute atomic E-state index is 0.168. The zero-order valence-electron chi connectivity index (χ0n) is 13.4. The molecule has 4 rings (SSSR count). The van der Waals surface area contributed by atoms with Gasteiger partial charge in [0.25, 0.3) is 5.91 Å². The summed E-state index contributed by atoms with van der Waals surface area (Å²) in [5.41, 5.74) is 1.40. The van der Waals surface area contributed by atoms with Crippen LogP contribution in [0.25, 0.3) is 0 Å². The molecule has 2 aromatic heterocycles. The van der Waals surface area contributed by atoms with Crippen LogP contribution in [-0.4, -0.2) is 34.0 Å². The molecule has 0 bridgehead atoms. The number of aromatic nitrogens is 2. The molecule has 1 fully saturated rings. The number of amides is 1. The van der Waals surface area contributed by atoms with Crippen LogP contribution >= 0.6 is 11.3 Å². The fourth-order valence-electron chi connectivity index (χ4n) is 3.55. The average Bonchev–Trinajstić information content (AvgIpc) is 3.24. The van der Waals surface area contributed by atoms with Gasteiger partial charge in [0.1, 0.15) is 0 Å². The molecule has 1 amide bonds. The first kappa shape index (κ1) is 14.9. The smallest absolute Gasteiger partial charge is 0.263 e. The Kier molecular flexibility index (Phi) is 3.93. The zero-order valence-corrected chi connectivity index (χ0v) is 14.2. The molecule has 0 radical (unpaired) electrons. The third-order valence-corrected chi connectivity index (χ3v) is 6.05. The molecule has 0 saturated carbocycles. The molecule has 122 valence electrons. The number of carbonyl (C=O) groups is 1. The lowest BCUT2D eigenvalue weighted by Crippen LogP contribution is -2.27. The van der Waals surface area contributed by atoms with Crippen LogP contribution in [0.2, 0.25) is 0 Å². The van der Waals surface area contributed by atoms with Crippen molar-refractivity contribution in [1.82, 2.24) is 15.0 Å². The van der Waals surface area contributed by atoms with E-state index in [1.807, 2.05) is 11.8 Å². The number of aryl methyl sites for hydroxylation is 3. The highest BCUT2D eigenvalue weighted by molar-refractivity contribution is 7.14. The lowest BCUT2D eigenvalue weighted by Gasteiger charge is -2.14. The highest BCUT2D eigenvalue weighted by atomic mass is 32.1. The van der Waals surface area contributed by atoms with Gasteiger partial charge in [-0.15, -0.1) is 11.3 Å².